The van der Waals surface area contributed by atoms with Crippen molar-refractivity contribution < 1.29 is 14.0 Å². The number of hydrogen-bond donors (Lipinski definition) is 0. The topological polar surface area (TPSA) is 40.6 Å². The monoisotopic (exact) mass is 332 g/mol. The molecule has 2 saturated heterocycles. The molecule has 24 heavy (non-hydrogen) atoms. The van der Waals surface area contributed by atoms with Crippen LogP contribution in [0.3, 0.4) is 0 Å². The van der Waals surface area contributed by atoms with Gasteiger partial charge in [-0.05, 0) is 55.7 Å². The summed E-state index contributed by atoms with van der Waals surface area (Å²) in [5, 5.41) is 0. The second-order valence-corrected chi connectivity index (χ2v) is 6.93. The minimum Gasteiger partial charge on any atom is -0.341 e. The second kappa shape index (κ2) is 7.77. The Bertz CT molecular complexity index is 588. The lowest BCUT2D eigenvalue weighted by atomic mass is 9.91. The number of benzene rings is 1. The van der Waals surface area contributed by atoms with Gasteiger partial charge in [-0.25, -0.2) is 4.39 Å². The Kier molecular flexibility index (Phi) is 5.48. The molecule has 3 rings (SSSR count). The van der Waals surface area contributed by atoms with E-state index >= 15 is 0 Å². The fourth-order valence-corrected chi connectivity index (χ4v) is 3.68. The minimum absolute atomic E-state index is 0.0803. The van der Waals surface area contributed by atoms with Crippen LogP contribution in [0.5, 0.6) is 0 Å². The predicted molar refractivity (Wildman–Crippen MR) is 89.8 cm³/mol. The third-order valence-electron chi connectivity index (χ3n) is 5.12. The number of hydrogen-bond acceptors (Lipinski definition) is 2. The summed E-state index contributed by atoms with van der Waals surface area (Å²) < 4.78 is 12.9. The first-order chi connectivity index (χ1) is 11.6. The molecule has 1 aromatic carbocycles. The Balaban J connectivity index is 1.47. The molecular weight excluding hydrogens is 307 g/mol. The summed E-state index contributed by atoms with van der Waals surface area (Å²) >= 11 is 0. The van der Waals surface area contributed by atoms with E-state index < -0.39 is 0 Å². The molecule has 0 bridgehead atoms. The van der Waals surface area contributed by atoms with Gasteiger partial charge in [0.05, 0.1) is 6.54 Å². The van der Waals surface area contributed by atoms with Crippen molar-refractivity contribution in [2.24, 2.45) is 5.92 Å². The zero-order valence-electron chi connectivity index (χ0n) is 14.0. The maximum atomic E-state index is 12.9. The van der Waals surface area contributed by atoms with Crippen molar-refractivity contribution in [3.63, 3.8) is 0 Å². The molecule has 2 aliphatic rings. The van der Waals surface area contributed by atoms with E-state index in [0.29, 0.717) is 18.9 Å². The molecule has 0 aromatic heterocycles. The van der Waals surface area contributed by atoms with Gasteiger partial charge < -0.3 is 9.80 Å². The highest BCUT2D eigenvalue weighted by molar-refractivity contribution is 5.85. The highest BCUT2D eigenvalue weighted by atomic mass is 19.1. The van der Waals surface area contributed by atoms with Gasteiger partial charge in [0, 0.05) is 26.1 Å². The van der Waals surface area contributed by atoms with Crippen molar-refractivity contribution in [2.45, 2.75) is 38.5 Å². The highest BCUT2D eigenvalue weighted by Gasteiger charge is 2.28. The fourth-order valence-electron chi connectivity index (χ4n) is 3.68. The minimum atomic E-state index is -0.204. The van der Waals surface area contributed by atoms with Crippen molar-refractivity contribution >= 4 is 11.8 Å². The average molecular weight is 332 g/mol. The highest BCUT2D eigenvalue weighted by Crippen LogP contribution is 2.22. The summed E-state index contributed by atoms with van der Waals surface area (Å²) in [6, 6.07) is 6.66. The van der Waals surface area contributed by atoms with E-state index in [0.717, 1.165) is 50.8 Å². The smallest absolute Gasteiger partial charge is 0.242 e. The Morgan fingerprint density at radius 1 is 1.17 bits per heavy atom. The van der Waals surface area contributed by atoms with Crippen molar-refractivity contribution in [3.8, 4) is 0 Å². The van der Waals surface area contributed by atoms with E-state index in [4.69, 9.17) is 0 Å². The molecule has 1 aromatic rings. The Labute approximate surface area is 142 Å². The van der Waals surface area contributed by atoms with Gasteiger partial charge in [-0.15, -0.1) is 0 Å². The van der Waals surface area contributed by atoms with Crippen molar-refractivity contribution in [1.82, 2.24) is 9.80 Å². The summed E-state index contributed by atoms with van der Waals surface area (Å²) in [6.07, 6.45) is 5.52. The van der Waals surface area contributed by atoms with E-state index in [2.05, 4.69) is 0 Å². The number of amides is 2. The summed E-state index contributed by atoms with van der Waals surface area (Å²) in [7, 11) is 0. The van der Waals surface area contributed by atoms with Gasteiger partial charge in [0.2, 0.25) is 11.8 Å². The van der Waals surface area contributed by atoms with Crippen molar-refractivity contribution in [3.05, 3.63) is 35.6 Å². The quantitative estimate of drug-likeness (QED) is 0.832. The van der Waals surface area contributed by atoms with Crippen LogP contribution in [0.15, 0.2) is 24.3 Å². The van der Waals surface area contributed by atoms with Crippen LogP contribution < -0.4 is 0 Å². The Hall–Kier alpha value is -1.91. The van der Waals surface area contributed by atoms with E-state index in [1.165, 1.54) is 12.1 Å². The van der Waals surface area contributed by atoms with Gasteiger partial charge in [-0.1, -0.05) is 12.1 Å². The van der Waals surface area contributed by atoms with Crippen LogP contribution in [0.2, 0.25) is 0 Å². The molecule has 2 heterocycles. The Morgan fingerprint density at radius 3 is 2.67 bits per heavy atom. The molecule has 5 heteroatoms. The third kappa shape index (κ3) is 4.34. The summed E-state index contributed by atoms with van der Waals surface area (Å²) in [6.45, 7) is 2.53. The van der Waals surface area contributed by atoms with Crippen LogP contribution >= 0.6 is 0 Å². The number of rotatable bonds is 5. The molecule has 130 valence electrons. The number of piperidine rings is 1. The normalized spacial score (nSPS) is 21.4. The van der Waals surface area contributed by atoms with Crippen LogP contribution in [0.1, 0.15) is 37.7 Å². The molecule has 1 unspecified atom stereocenters. The summed E-state index contributed by atoms with van der Waals surface area (Å²) in [5.41, 5.74) is 1.14. The molecule has 4 nitrogen and oxygen atoms in total. The van der Waals surface area contributed by atoms with Gasteiger partial charge >= 0.3 is 0 Å². The SMILES string of the molecule is O=C1CCCN1CC(=O)N1CCCC(CCc2ccc(F)cc2)C1. The number of aryl methyl sites for hydroxylation is 1. The molecule has 0 aliphatic carbocycles. The number of carbonyl (C=O) groups excluding carboxylic acids is 2. The Morgan fingerprint density at radius 2 is 1.96 bits per heavy atom. The van der Waals surface area contributed by atoms with Crippen LogP contribution in [0.25, 0.3) is 0 Å². The van der Waals surface area contributed by atoms with E-state index in [-0.39, 0.29) is 24.2 Å². The van der Waals surface area contributed by atoms with Crippen LogP contribution in [0.4, 0.5) is 4.39 Å². The van der Waals surface area contributed by atoms with E-state index in [1.807, 2.05) is 17.0 Å². The number of carbonyl (C=O) groups is 2. The average Bonchev–Trinajstić information content (AvgIpc) is 2.99. The lowest BCUT2D eigenvalue weighted by molar-refractivity contribution is -0.139. The lowest BCUT2D eigenvalue weighted by Crippen LogP contribution is -2.45. The number of nitrogens with zero attached hydrogens (tertiary/aromatic N) is 2. The largest absolute Gasteiger partial charge is 0.341 e. The molecule has 0 N–H and O–H groups in total. The van der Waals surface area contributed by atoms with Gasteiger partial charge in [0.1, 0.15) is 5.82 Å². The van der Waals surface area contributed by atoms with Crippen LogP contribution in [-0.4, -0.2) is 47.8 Å². The maximum Gasteiger partial charge on any atom is 0.242 e. The molecule has 2 amide bonds. The zero-order valence-corrected chi connectivity index (χ0v) is 14.0. The number of likely N-dealkylation sites (tertiary alicyclic amines) is 2. The standard InChI is InChI=1S/C19H25FN2O2/c20-17-9-7-15(8-10-17)5-6-16-3-1-11-21(13-16)19(24)14-22-12-2-4-18(22)23/h7-10,16H,1-6,11-14H2. The molecular formula is C19H25FN2O2. The maximum absolute atomic E-state index is 12.9. The summed E-state index contributed by atoms with van der Waals surface area (Å²) in [5.74, 6) is 0.469. The predicted octanol–water partition coefficient (Wildman–Crippen LogP) is 2.62. The van der Waals surface area contributed by atoms with Crippen LogP contribution in [-0.2, 0) is 16.0 Å². The van der Waals surface area contributed by atoms with Crippen LogP contribution in [0, 0.1) is 11.7 Å². The van der Waals surface area contributed by atoms with E-state index in [9.17, 15) is 14.0 Å². The fraction of sp³-hybridized carbons (Fsp3) is 0.579. The number of halogens is 1. The van der Waals surface area contributed by atoms with Gasteiger partial charge in [-0.3, -0.25) is 9.59 Å². The second-order valence-electron chi connectivity index (χ2n) is 6.93. The molecule has 1 atom stereocenters. The molecule has 2 fully saturated rings. The molecule has 0 saturated carbocycles. The van der Waals surface area contributed by atoms with Crippen molar-refractivity contribution in [2.75, 3.05) is 26.2 Å². The van der Waals surface area contributed by atoms with Crippen molar-refractivity contribution in [1.29, 1.82) is 0 Å². The molecule has 0 spiro atoms. The molecule has 2 aliphatic heterocycles. The zero-order chi connectivity index (χ0) is 16.9. The van der Waals surface area contributed by atoms with Gasteiger partial charge in [-0.2, -0.15) is 0 Å². The third-order valence-corrected chi connectivity index (χ3v) is 5.12. The first kappa shape index (κ1) is 16.9. The molecule has 0 radical (unpaired) electrons. The first-order valence-corrected chi connectivity index (χ1v) is 8.92. The summed E-state index contributed by atoms with van der Waals surface area (Å²) in [4.78, 5) is 27.7. The van der Waals surface area contributed by atoms with Gasteiger partial charge in [0.25, 0.3) is 0 Å². The lowest BCUT2D eigenvalue weighted by Gasteiger charge is -2.34. The first-order valence-electron chi connectivity index (χ1n) is 8.92. The van der Waals surface area contributed by atoms with Gasteiger partial charge in [0.15, 0.2) is 0 Å². The van der Waals surface area contributed by atoms with E-state index in [1.54, 1.807) is 4.90 Å².